The Labute approximate surface area is 170 Å². The maximum Gasteiger partial charge on any atom is 0.311 e. The molecule has 0 N–H and O–H groups in total. The number of hydrogen-bond donors (Lipinski definition) is 0. The molecule has 3 aromatic rings. The second kappa shape index (κ2) is 7.74. The molecule has 1 aromatic heterocycles. The molecule has 0 radical (unpaired) electrons. The minimum absolute atomic E-state index is 0.0793. The molecule has 2 heterocycles. The third-order valence-corrected chi connectivity index (χ3v) is 5.70. The summed E-state index contributed by atoms with van der Waals surface area (Å²) in [6.07, 6.45) is 1.69. The summed E-state index contributed by atoms with van der Waals surface area (Å²) in [5, 5.41) is 0.914. The van der Waals surface area contributed by atoms with E-state index in [1.165, 1.54) is 5.56 Å². The van der Waals surface area contributed by atoms with Gasteiger partial charge in [-0.2, -0.15) is 0 Å². The predicted octanol–water partition coefficient (Wildman–Crippen LogP) is 4.11. The highest BCUT2D eigenvalue weighted by atomic mass is 16.5. The molecular formula is C24H25NO4. The van der Waals surface area contributed by atoms with Gasteiger partial charge in [-0.1, -0.05) is 24.3 Å². The summed E-state index contributed by atoms with van der Waals surface area (Å²) >= 11 is 0. The normalized spacial score (nSPS) is 14.5. The fourth-order valence-electron chi connectivity index (χ4n) is 3.86. The molecule has 5 heteroatoms. The molecule has 0 spiro atoms. The van der Waals surface area contributed by atoms with Gasteiger partial charge in [0.1, 0.15) is 5.58 Å². The second-order valence-electron chi connectivity index (χ2n) is 7.78. The van der Waals surface area contributed by atoms with Gasteiger partial charge in [-0.05, 0) is 61.6 Å². The highest BCUT2D eigenvalue weighted by molar-refractivity contribution is 5.88. The van der Waals surface area contributed by atoms with Gasteiger partial charge >= 0.3 is 5.97 Å². The fraction of sp³-hybridized carbons (Fsp3) is 0.333. The Balaban J connectivity index is 1.40. The van der Waals surface area contributed by atoms with Gasteiger partial charge in [-0.15, -0.1) is 0 Å². The molecule has 0 aliphatic carbocycles. The molecule has 0 fully saturated rings. The third-order valence-electron chi connectivity index (χ3n) is 5.70. The van der Waals surface area contributed by atoms with Crippen molar-refractivity contribution in [3.8, 4) is 0 Å². The fourth-order valence-corrected chi connectivity index (χ4v) is 3.86. The number of rotatable bonds is 4. The molecule has 0 saturated carbocycles. The van der Waals surface area contributed by atoms with Crippen molar-refractivity contribution in [1.29, 1.82) is 0 Å². The Morgan fingerprint density at radius 3 is 2.66 bits per heavy atom. The molecule has 1 unspecified atom stereocenters. The number of nitrogens with zero attached hydrogens (tertiary/aromatic N) is 1. The van der Waals surface area contributed by atoms with E-state index < -0.39 is 12.1 Å². The number of fused-ring (bicyclic) bond motifs is 2. The maximum atomic E-state index is 12.8. The number of aryl methyl sites for hydroxylation is 2. The Kier molecular flexibility index (Phi) is 5.14. The van der Waals surface area contributed by atoms with E-state index in [2.05, 4.69) is 6.07 Å². The van der Waals surface area contributed by atoms with Crippen LogP contribution in [0.15, 0.2) is 47.1 Å². The van der Waals surface area contributed by atoms with Crippen LogP contribution in [0.25, 0.3) is 11.0 Å². The summed E-state index contributed by atoms with van der Waals surface area (Å²) in [5.41, 5.74) is 6.25. The number of esters is 1. The first-order valence-corrected chi connectivity index (χ1v) is 9.94. The van der Waals surface area contributed by atoms with Crippen molar-refractivity contribution >= 4 is 22.8 Å². The van der Waals surface area contributed by atoms with Gasteiger partial charge < -0.3 is 14.1 Å². The maximum absolute atomic E-state index is 12.8. The molecule has 5 nitrogen and oxygen atoms in total. The van der Waals surface area contributed by atoms with E-state index in [0.717, 1.165) is 39.6 Å². The van der Waals surface area contributed by atoms with Crippen molar-refractivity contribution in [3.63, 3.8) is 0 Å². The topological polar surface area (TPSA) is 59.8 Å². The van der Waals surface area contributed by atoms with Gasteiger partial charge in [0.05, 0.1) is 12.7 Å². The lowest BCUT2D eigenvalue weighted by Gasteiger charge is -2.30. The number of amides is 1. The Morgan fingerprint density at radius 2 is 1.86 bits per heavy atom. The number of carbonyl (C=O) groups is 2. The summed E-state index contributed by atoms with van der Waals surface area (Å²) < 4.78 is 11.0. The Morgan fingerprint density at radius 1 is 1.14 bits per heavy atom. The number of furan rings is 1. The molecule has 4 rings (SSSR count). The van der Waals surface area contributed by atoms with Crippen LogP contribution in [0.5, 0.6) is 0 Å². The zero-order valence-electron chi connectivity index (χ0n) is 17.0. The van der Waals surface area contributed by atoms with Crippen molar-refractivity contribution in [2.75, 3.05) is 6.54 Å². The van der Waals surface area contributed by atoms with Gasteiger partial charge in [0, 0.05) is 24.0 Å². The van der Waals surface area contributed by atoms with Gasteiger partial charge in [-0.3, -0.25) is 9.59 Å². The third kappa shape index (κ3) is 3.90. The van der Waals surface area contributed by atoms with Crippen molar-refractivity contribution in [3.05, 3.63) is 70.5 Å². The lowest BCUT2D eigenvalue weighted by Crippen LogP contribution is -2.42. The first-order chi connectivity index (χ1) is 13.9. The van der Waals surface area contributed by atoms with Crippen molar-refractivity contribution in [1.82, 2.24) is 4.90 Å². The minimum atomic E-state index is -0.810. The van der Waals surface area contributed by atoms with Crippen molar-refractivity contribution < 1.29 is 18.7 Å². The van der Waals surface area contributed by atoms with Gasteiger partial charge in [0.15, 0.2) is 6.10 Å². The van der Waals surface area contributed by atoms with Gasteiger partial charge in [-0.25, -0.2) is 0 Å². The molecule has 0 saturated heterocycles. The molecule has 1 aliphatic rings. The van der Waals surface area contributed by atoms with E-state index in [-0.39, 0.29) is 12.3 Å². The molecule has 0 bridgehead atoms. The number of ether oxygens (including phenoxy) is 1. The van der Waals surface area contributed by atoms with Gasteiger partial charge in [0.25, 0.3) is 5.91 Å². The van der Waals surface area contributed by atoms with E-state index in [1.54, 1.807) is 18.1 Å². The van der Waals surface area contributed by atoms with E-state index in [4.69, 9.17) is 9.15 Å². The first kappa shape index (κ1) is 19.2. The zero-order valence-corrected chi connectivity index (χ0v) is 17.0. The van der Waals surface area contributed by atoms with Crippen LogP contribution in [0.1, 0.15) is 34.7 Å². The molecule has 1 aliphatic heterocycles. The summed E-state index contributed by atoms with van der Waals surface area (Å²) in [5.74, 6) is -0.583. The summed E-state index contributed by atoms with van der Waals surface area (Å²) in [4.78, 5) is 27.0. The van der Waals surface area contributed by atoms with Crippen LogP contribution in [-0.4, -0.2) is 29.4 Å². The lowest BCUT2D eigenvalue weighted by molar-refractivity contribution is -0.159. The van der Waals surface area contributed by atoms with E-state index >= 15 is 0 Å². The van der Waals surface area contributed by atoms with Crippen LogP contribution >= 0.6 is 0 Å². The van der Waals surface area contributed by atoms with Crippen LogP contribution in [0.2, 0.25) is 0 Å². The van der Waals surface area contributed by atoms with E-state index in [1.807, 2.05) is 44.2 Å². The van der Waals surface area contributed by atoms with Crippen molar-refractivity contribution in [2.45, 2.75) is 46.3 Å². The first-order valence-electron chi connectivity index (χ1n) is 9.94. The summed E-state index contributed by atoms with van der Waals surface area (Å²) in [7, 11) is 0. The average Bonchev–Trinajstić information content (AvgIpc) is 3.08. The predicted molar refractivity (Wildman–Crippen MR) is 111 cm³/mol. The monoisotopic (exact) mass is 391 g/mol. The lowest BCUT2D eigenvalue weighted by atomic mass is 9.99. The Bertz CT molecular complexity index is 1080. The standard InChI is InChI=1S/C24H25NO4/c1-15-10-21-20(14-28-22(21)11-16(15)2)12-23(26)29-17(3)24(27)25-9-8-18-6-4-5-7-19(18)13-25/h4-7,10-11,14,17H,8-9,12-13H2,1-3H3. The van der Waals surface area contributed by atoms with E-state index in [0.29, 0.717) is 13.1 Å². The van der Waals surface area contributed by atoms with Crippen LogP contribution in [-0.2, 0) is 33.7 Å². The second-order valence-corrected chi connectivity index (χ2v) is 7.78. The highest BCUT2D eigenvalue weighted by Crippen LogP contribution is 2.25. The van der Waals surface area contributed by atoms with Crippen LogP contribution in [0.4, 0.5) is 0 Å². The number of carbonyl (C=O) groups excluding carboxylic acids is 2. The molecule has 1 atom stereocenters. The van der Waals surface area contributed by atoms with Crippen molar-refractivity contribution in [2.24, 2.45) is 0 Å². The van der Waals surface area contributed by atoms with Gasteiger partial charge in [0.2, 0.25) is 0 Å². The van der Waals surface area contributed by atoms with E-state index in [9.17, 15) is 9.59 Å². The molecular weight excluding hydrogens is 366 g/mol. The summed E-state index contributed by atoms with van der Waals surface area (Å²) in [6.45, 7) is 6.89. The summed E-state index contributed by atoms with van der Waals surface area (Å²) in [6, 6.07) is 12.1. The highest BCUT2D eigenvalue weighted by Gasteiger charge is 2.27. The number of hydrogen-bond acceptors (Lipinski definition) is 4. The van der Waals surface area contributed by atoms with Crippen LogP contribution in [0, 0.1) is 13.8 Å². The SMILES string of the molecule is Cc1cc2occ(CC(=O)OC(C)C(=O)N3CCc4ccccc4C3)c2cc1C. The Hall–Kier alpha value is -3.08. The average molecular weight is 391 g/mol. The van der Waals surface area contributed by atoms with Crippen LogP contribution in [0.3, 0.4) is 0 Å². The smallest absolute Gasteiger partial charge is 0.311 e. The number of benzene rings is 2. The minimum Gasteiger partial charge on any atom is -0.464 e. The molecule has 150 valence electrons. The molecule has 2 aromatic carbocycles. The largest absolute Gasteiger partial charge is 0.464 e. The van der Waals surface area contributed by atoms with Crippen LogP contribution < -0.4 is 0 Å². The molecule has 1 amide bonds. The zero-order chi connectivity index (χ0) is 20.5. The quantitative estimate of drug-likeness (QED) is 0.628. The molecule has 29 heavy (non-hydrogen) atoms.